The Hall–Kier alpha value is -1.26. The lowest BCUT2D eigenvalue weighted by Crippen LogP contribution is -2.30. The van der Waals surface area contributed by atoms with Crippen LogP contribution in [0, 0.1) is 5.92 Å². The normalized spacial score (nSPS) is 12.5. The molecule has 1 unspecified atom stereocenters. The minimum absolute atomic E-state index is 0.515. The molecule has 1 aromatic rings. The molecule has 4 nitrogen and oxygen atoms in total. The molecule has 0 saturated carbocycles. The van der Waals surface area contributed by atoms with Gasteiger partial charge in [0.25, 0.3) is 0 Å². The Morgan fingerprint density at radius 1 is 1.10 bits per heavy atom. The van der Waals surface area contributed by atoms with Gasteiger partial charge in [-0.05, 0) is 43.4 Å². The number of hydrogen-bond acceptors (Lipinski definition) is 4. The summed E-state index contributed by atoms with van der Waals surface area (Å²) >= 11 is 0. The van der Waals surface area contributed by atoms with Crippen LogP contribution >= 0.6 is 0 Å². The van der Waals surface area contributed by atoms with E-state index in [0.29, 0.717) is 5.92 Å². The number of nitrogens with zero attached hydrogens (tertiary/aromatic N) is 1. The van der Waals surface area contributed by atoms with E-state index in [1.54, 1.807) is 14.2 Å². The summed E-state index contributed by atoms with van der Waals surface area (Å²) in [6.07, 6.45) is 2.09. The Bertz CT molecular complexity index is 403. The zero-order valence-corrected chi connectivity index (χ0v) is 14.0. The molecule has 4 heteroatoms. The summed E-state index contributed by atoms with van der Waals surface area (Å²) in [6.45, 7) is 9.09. The highest BCUT2D eigenvalue weighted by Crippen LogP contribution is 2.28. The highest BCUT2D eigenvalue weighted by Gasteiger charge is 2.12. The molecule has 0 fully saturated rings. The summed E-state index contributed by atoms with van der Waals surface area (Å²) in [5.41, 5.74) is 1.26. The third-order valence-corrected chi connectivity index (χ3v) is 3.33. The van der Waals surface area contributed by atoms with Gasteiger partial charge in [-0.1, -0.05) is 19.9 Å². The van der Waals surface area contributed by atoms with E-state index in [0.717, 1.165) is 44.0 Å². The minimum Gasteiger partial charge on any atom is -0.493 e. The van der Waals surface area contributed by atoms with Crippen molar-refractivity contribution < 1.29 is 14.3 Å². The monoisotopic (exact) mass is 295 g/mol. The van der Waals surface area contributed by atoms with E-state index in [4.69, 9.17) is 14.3 Å². The molecule has 0 amide bonds. The Labute approximate surface area is 129 Å². The lowest BCUT2D eigenvalue weighted by molar-refractivity contribution is -0.161. The summed E-state index contributed by atoms with van der Waals surface area (Å²) in [7, 11) is 3.33. The van der Waals surface area contributed by atoms with Crippen molar-refractivity contribution in [3.8, 4) is 11.5 Å². The topological polar surface area (TPSA) is 30.9 Å². The van der Waals surface area contributed by atoms with Crippen LogP contribution in [0.25, 0.3) is 0 Å². The summed E-state index contributed by atoms with van der Waals surface area (Å²) in [4.78, 5) is 5.66. The second kappa shape index (κ2) is 9.64. The molecule has 0 saturated heterocycles. The molecule has 1 rings (SSSR count). The third kappa shape index (κ3) is 5.94. The second-order valence-corrected chi connectivity index (χ2v) is 5.30. The smallest absolute Gasteiger partial charge is 0.160 e. The molecule has 0 aliphatic rings. The molecule has 0 spiro atoms. The number of methoxy groups -OCH3 is 2. The number of hydrogen-bond donors (Lipinski definition) is 0. The highest BCUT2D eigenvalue weighted by atomic mass is 16.7. The average Bonchev–Trinajstić information content (AvgIpc) is 2.47. The average molecular weight is 295 g/mol. The molecule has 120 valence electrons. The maximum absolute atomic E-state index is 5.66. The summed E-state index contributed by atoms with van der Waals surface area (Å²) in [6, 6.07) is 6.12. The number of ether oxygens (including phenoxy) is 2. The van der Waals surface area contributed by atoms with E-state index in [-0.39, 0.29) is 0 Å². The van der Waals surface area contributed by atoms with Crippen LogP contribution < -0.4 is 9.47 Å². The van der Waals surface area contributed by atoms with Gasteiger partial charge in [-0.15, -0.1) is 0 Å². The van der Waals surface area contributed by atoms with Crippen LogP contribution in [0.15, 0.2) is 18.2 Å². The predicted molar refractivity (Wildman–Crippen MR) is 85.9 cm³/mol. The van der Waals surface area contributed by atoms with E-state index in [9.17, 15) is 0 Å². The fourth-order valence-corrected chi connectivity index (χ4v) is 2.46. The van der Waals surface area contributed by atoms with Gasteiger partial charge in [-0.25, -0.2) is 0 Å². The van der Waals surface area contributed by atoms with Crippen LogP contribution in [0.1, 0.15) is 32.8 Å². The molecule has 1 aromatic carbocycles. The molecular formula is C17H29NO3. The highest BCUT2D eigenvalue weighted by molar-refractivity contribution is 5.42. The van der Waals surface area contributed by atoms with Crippen molar-refractivity contribution in [2.75, 3.05) is 33.9 Å². The zero-order chi connectivity index (χ0) is 15.7. The van der Waals surface area contributed by atoms with Gasteiger partial charge in [0.15, 0.2) is 11.5 Å². The first-order valence-corrected chi connectivity index (χ1v) is 7.73. The summed E-state index contributed by atoms with van der Waals surface area (Å²) < 4.78 is 10.6. The first-order chi connectivity index (χ1) is 10.1. The minimum atomic E-state index is 0.515. The molecule has 0 aliphatic carbocycles. The van der Waals surface area contributed by atoms with Gasteiger partial charge in [0.05, 0.1) is 20.8 Å². The molecule has 0 N–H and O–H groups in total. The first-order valence-electron chi connectivity index (χ1n) is 7.73. The van der Waals surface area contributed by atoms with Crippen LogP contribution in [0.4, 0.5) is 0 Å². The number of benzene rings is 1. The van der Waals surface area contributed by atoms with E-state index >= 15 is 0 Å². The Morgan fingerprint density at radius 2 is 1.81 bits per heavy atom. The first kappa shape index (κ1) is 17.8. The Balaban J connectivity index is 2.62. The molecule has 21 heavy (non-hydrogen) atoms. The summed E-state index contributed by atoms with van der Waals surface area (Å²) in [5.74, 6) is 2.08. The largest absolute Gasteiger partial charge is 0.493 e. The molecule has 0 radical (unpaired) electrons. The second-order valence-electron chi connectivity index (χ2n) is 5.30. The lowest BCUT2D eigenvalue weighted by Gasteiger charge is -2.24. The molecule has 0 aromatic heterocycles. The van der Waals surface area contributed by atoms with Crippen LogP contribution in [-0.2, 0) is 11.3 Å². The van der Waals surface area contributed by atoms with Crippen molar-refractivity contribution >= 4 is 0 Å². The van der Waals surface area contributed by atoms with Gasteiger partial charge in [0.1, 0.15) is 0 Å². The van der Waals surface area contributed by atoms with Crippen LogP contribution in [-0.4, -0.2) is 39.0 Å². The van der Waals surface area contributed by atoms with Gasteiger partial charge in [0, 0.05) is 13.1 Å². The SMILES string of the molecule is CCCN(CC(C)Cc1ccc(OC)c(OC)c1)OCC. The van der Waals surface area contributed by atoms with E-state index in [1.807, 2.05) is 13.0 Å². The van der Waals surface area contributed by atoms with Crippen molar-refractivity contribution in [3.63, 3.8) is 0 Å². The van der Waals surface area contributed by atoms with Crippen LogP contribution in [0.2, 0.25) is 0 Å². The van der Waals surface area contributed by atoms with E-state index in [2.05, 4.69) is 31.0 Å². The van der Waals surface area contributed by atoms with E-state index < -0.39 is 0 Å². The Morgan fingerprint density at radius 3 is 2.38 bits per heavy atom. The number of rotatable bonds is 10. The summed E-state index contributed by atoms with van der Waals surface area (Å²) in [5, 5.41) is 2.07. The fourth-order valence-electron chi connectivity index (χ4n) is 2.46. The number of hydroxylamine groups is 2. The van der Waals surface area contributed by atoms with Gasteiger partial charge in [0.2, 0.25) is 0 Å². The maximum atomic E-state index is 5.66. The molecule has 0 bridgehead atoms. The molecule has 1 atom stereocenters. The molecule has 0 aliphatic heterocycles. The fraction of sp³-hybridized carbons (Fsp3) is 0.647. The van der Waals surface area contributed by atoms with E-state index in [1.165, 1.54) is 5.56 Å². The van der Waals surface area contributed by atoms with Crippen molar-refractivity contribution in [3.05, 3.63) is 23.8 Å². The van der Waals surface area contributed by atoms with Crippen molar-refractivity contribution in [2.45, 2.75) is 33.6 Å². The van der Waals surface area contributed by atoms with Gasteiger partial charge in [-0.2, -0.15) is 5.06 Å². The van der Waals surface area contributed by atoms with Crippen molar-refractivity contribution in [2.24, 2.45) is 5.92 Å². The molecular weight excluding hydrogens is 266 g/mol. The van der Waals surface area contributed by atoms with Gasteiger partial charge < -0.3 is 9.47 Å². The standard InChI is InChI=1S/C17H29NO3/c1-6-10-18(21-7-2)13-14(3)11-15-8-9-16(19-4)17(12-15)20-5/h8-9,12,14H,6-7,10-11,13H2,1-5H3. The molecule has 0 heterocycles. The quantitative estimate of drug-likeness (QED) is 0.618. The van der Waals surface area contributed by atoms with Gasteiger partial charge >= 0.3 is 0 Å². The van der Waals surface area contributed by atoms with Crippen molar-refractivity contribution in [1.82, 2.24) is 5.06 Å². The maximum Gasteiger partial charge on any atom is 0.160 e. The van der Waals surface area contributed by atoms with Crippen LogP contribution in [0.5, 0.6) is 11.5 Å². The Kier molecular flexibility index (Phi) is 8.16. The lowest BCUT2D eigenvalue weighted by atomic mass is 10.0. The van der Waals surface area contributed by atoms with Crippen LogP contribution in [0.3, 0.4) is 0 Å². The predicted octanol–water partition coefficient (Wildman–Crippen LogP) is 3.55. The van der Waals surface area contributed by atoms with Crippen molar-refractivity contribution in [1.29, 1.82) is 0 Å². The zero-order valence-electron chi connectivity index (χ0n) is 14.0. The third-order valence-electron chi connectivity index (χ3n) is 3.33. The van der Waals surface area contributed by atoms with Gasteiger partial charge in [-0.3, -0.25) is 4.84 Å².